The average Bonchev–Trinajstić information content (AvgIpc) is 3.14. The van der Waals surface area contributed by atoms with Crippen molar-refractivity contribution in [2.45, 2.75) is 259 Å². The van der Waals surface area contributed by atoms with Gasteiger partial charge >= 0.3 is 5.97 Å². The van der Waals surface area contributed by atoms with Crippen LogP contribution >= 0.6 is 0 Å². The van der Waals surface area contributed by atoms with E-state index >= 15 is 0 Å². The molecule has 1 atom stereocenters. The number of ketones is 1. The SMILES string of the molecule is CCCCCCCCC(CCCCCCCC)CC(=O)CCCCCCCN(CCO)CCCCCCCC(=O)OC(CCCCCCCC)C(C)C. The fourth-order valence-corrected chi connectivity index (χ4v) is 7.88. The number of hydrogen-bond acceptors (Lipinski definition) is 5. The third-order valence-electron chi connectivity index (χ3n) is 11.5. The zero-order valence-electron chi connectivity index (χ0n) is 36.7. The quantitative estimate of drug-likeness (QED) is 0.0497. The molecule has 1 unspecified atom stereocenters. The van der Waals surface area contributed by atoms with Gasteiger partial charge in [-0.3, -0.25) is 9.59 Å². The number of unbranched alkanes of at least 4 members (excludes halogenated alkanes) is 23. The summed E-state index contributed by atoms with van der Waals surface area (Å²) < 4.78 is 5.88. The first-order valence-corrected chi connectivity index (χ1v) is 23.9. The Morgan fingerprint density at radius 3 is 1.34 bits per heavy atom. The lowest BCUT2D eigenvalue weighted by Crippen LogP contribution is -2.29. The van der Waals surface area contributed by atoms with Crippen molar-refractivity contribution in [3.8, 4) is 0 Å². The lowest BCUT2D eigenvalue weighted by atomic mass is 9.89. The average molecular weight is 750 g/mol. The summed E-state index contributed by atoms with van der Waals surface area (Å²) in [5, 5.41) is 9.60. The van der Waals surface area contributed by atoms with E-state index in [2.05, 4.69) is 39.5 Å². The van der Waals surface area contributed by atoms with Crippen LogP contribution in [0.15, 0.2) is 0 Å². The highest BCUT2D eigenvalue weighted by Crippen LogP contribution is 2.24. The van der Waals surface area contributed by atoms with Crippen LogP contribution in [-0.2, 0) is 14.3 Å². The molecule has 316 valence electrons. The Morgan fingerprint density at radius 1 is 0.491 bits per heavy atom. The Bertz CT molecular complexity index is 755. The van der Waals surface area contributed by atoms with E-state index in [4.69, 9.17) is 4.74 Å². The maximum atomic E-state index is 12.9. The summed E-state index contributed by atoms with van der Waals surface area (Å²) in [6.07, 6.45) is 40.8. The van der Waals surface area contributed by atoms with Crippen LogP contribution in [0.25, 0.3) is 0 Å². The van der Waals surface area contributed by atoms with E-state index < -0.39 is 0 Å². The highest BCUT2D eigenvalue weighted by atomic mass is 16.5. The minimum absolute atomic E-state index is 0.0124. The Labute approximate surface area is 332 Å². The van der Waals surface area contributed by atoms with Gasteiger partial charge in [0.25, 0.3) is 0 Å². The predicted octanol–water partition coefficient (Wildman–Crippen LogP) is 14.4. The molecule has 0 aliphatic rings. The molecule has 0 aliphatic carbocycles. The van der Waals surface area contributed by atoms with Crippen LogP contribution < -0.4 is 0 Å². The number of nitrogens with zero attached hydrogens (tertiary/aromatic N) is 1. The summed E-state index contributed by atoms with van der Waals surface area (Å²) >= 11 is 0. The summed E-state index contributed by atoms with van der Waals surface area (Å²) in [6.45, 7) is 14.2. The van der Waals surface area contributed by atoms with E-state index in [0.29, 0.717) is 24.0 Å². The van der Waals surface area contributed by atoms with Crippen molar-refractivity contribution in [2.24, 2.45) is 11.8 Å². The molecule has 0 saturated heterocycles. The fourth-order valence-electron chi connectivity index (χ4n) is 7.88. The van der Waals surface area contributed by atoms with Gasteiger partial charge in [0, 0.05) is 25.8 Å². The summed E-state index contributed by atoms with van der Waals surface area (Å²) in [5.74, 6) is 1.50. The van der Waals surface area contributed by atoms with Crippen LogP contribution in [0, 0.1) is 11.8 Å². The second kappa shape index (κ2) is 40.7. The minimum Gasteiger partial charge on any atom is -0.462 e. The van der Waals surface area contributed by atoms with Crippen LogP contribution in [0.1, 0.15) is 253 Å². The number of esters is 1. The molecular weight excluding hydrogens is 655 g/mol. The molecule has 53 heavy (non-hydrogen) atoms. The Hall–Kier alpha value is -0.940. The Morgan fingerprint density at radius 2 is 0.887 bits per heavy atom. The number of ether oxygens (including phenoxy) is 1. The van der Waals surface area contributed by atoms with Gasteiger partial charge in [0.2, 0.25) is 0 Å². The largest absolute Gasteiger partial charge is 0.462 e. The lowest BCUT2D eigenvalue weighted by molar-refractivity contribution is -0.151. The highest BCUT2D eigenvalue weighted by molar-refractivity contribution is 5.78. The predicted molar refractivity (Wildman–Crippen MR) is 231 cm³/mol. The molecule has 0 aromatic carbocycles. The number of rotatable bonds is 43. The van der Waals surface area contributed by atoms with Gasteiger partial charge in [-0.25, -0.2) is 0 Å². The highest BCUT2D eigenvalue weighted by Gasteiger charge is 2.18. The molecular formula is C48H95NO4. The van der Waals surface area contributed by atoms with Crippen LogP contribution in [0.4, 0.5) is 0 Å². The van der Waals surface area contributed by atoms with Gasteiger partial charge in [0.05, 0.1) is 6.61 Å². The zero-order valence-corrected chi connectivity index (χ0v) is 36.7. The molecule has 0 aromatic heterocycles. The summed E-state index contributed by atoms with van der Waals surface area (Å²) in [6, 6.07) is 0. The molecule has 0 heterocycles. The van der Waals surface area contributed by atoms with E-state index in [0.717, 1.165) is 83.8 Å². The molecule has 5 nitrogen and oxygen atoms in total. The molecule has 0 aliphatic heterocycles. The maximum Gasteiger partial charge on any atom is 0.306 e. The molecule has 0 radical (unpaired) electrons. The monoisotopic (exact) mass is 750 g/mol. The van der Waals surface area contributed by atoms with Crippen LogP contribution in [0.5, 0.6) is 0 Å². The molecule has 1 N–H and O–H groups in total. The third-order valence-corrected chi connectivity index (χ3v) is 11.5. The van der Waals surface area contributed by atoms with E-state index in [9.17, 15) is 14.7 Å². The van der Waals surface area contributed by atoms with Crippen LogP contribution in [-0.4, -0.2) is 54.1 Å². The van der Waals surface area contributed by atoms with Gasteiger partial charge in [-0.2, -0.15) is 0 Å². The molecule has 0 amide bonds. The molecule has 0 aromatic rings. The van der Waals surface area contributed by atoms with Crippen molar-refractivity contribution in [3.05, 3.63) is 0 Å². The summed E-state index contributed by atoms with van der Waals surface area (Å²) in [5.41, 5.74) is 0. The number of carbonyl (C=O) groups excluding carboxylic acids is 2. The van der Waals surface area contributed by atoms with E-state index in [1.807, 2.05) is 0 Å². The van der Waals surface area contributed by atoms with Gasteiger partial charge in [-0.1, -0.05) is 195 Å². The van der Waals surface area contributed by atoms with Crippen molar-refractivity contribution in [1.82, 2.24) is 4.90 Å². The molecule has 0 fully saturated rings. The van der Waals surface area contributed by atoms with Crippen LogP contribution in [0.2, 0.25) is 0 Å². The van der Waals surface area contributed by atoms with E-state index in [-0.39, 0.29) is 18.7 Å². The first-order valence-electron chi connectivity index (χ1n) is 23.9. The number of hydrogen-bond donors (Lipinski definition) is 1. The third kappa shape index (κ3) is 36.5. The van der Waals surface area contributed by atoms with E-state index in [1.165, 1.54) is 148 Å². The standard InChI is InChI=1S/C48H95NO4/c1-6-9-12-15-20-27-34-45(35-28-21-16-13-10-7-2)43-46(51)36-29-22-18-25-32-39-49(41-42-50)40-33-26-19-24-31-38-48(52)53-47(44(4)5)37-30-23-17-14-11-8-3/h44-45,47,50H,6-43H2,1-5H3. The molecule has 0 bridgehead atoms. The Kier molecular flexibility index (Phi) is 40.0. The fraction of sp³-hybridized carbons (Fsp3) is 0.958. The second-order valence-electron chi connectivity index (χ2n) is 17.2. The summed E-state index contributed by atoms with van der Waals surface area (Å²) in [7, 11) is 0. The first kappa shape index (κ1) is 52.1. The minimum atomic E-state index is -0.0124. The molecule has 5 heteroatoms. The van der Waals surface area contributed by atoms with Crippen molar-refractivity contribution >= 4 is 11.8 Å². The number of aliphatic hydroxyl groups excluding tert-OH is 1. The first-order chi connectivity index (χ1) is 25.9. The normalized spacial score (nSPS) is 12.4. The van der Waals surface area contributed by atoms with Crippen molar-refractivity contribution < 1.29 is 19.4 Å². The molecule has 0 saturated carbocycles. The van der Waals surface area contributed by atoms with Crippen LogP contribution in [0.3, 0.4) is 0 Å². The van der Waals surface area contributed by atoms with Gasteiger partial charge in [-0.15, -0.1) is 0 Å². The number of carbonyl (C=O) groups is 2. The Balaban J connectivity index is 4.09. The zero-order chi connectivity index (χ0) is 39.0. The lowest BCUT2D eigenvalue weighted by Gasteiger charge is -2.21. The number of Topliss-reactive ketones (excluding diaryl/α,β-unsaturated/α-hetero) is 1. The van der Waals surface area contributed by atoms with Gasteiger partial charge < -0.3 is 14.7 Å². The van der Waals surface area contributed by atoms with Crippen molar-refractivity contribution in [2.75, 3.05) is 26.2 Å². The van der Waals surface area contributed by atoms with E-state index in [1.54, 1.807) is 0 Å². The smallest absolute Gasteiger partial charge is 0.306 e. The molecule has 0 rings (SSSR count). The van der Waals surface area contributed by atoms with Gasteiger partial charge in [0.1, 0.15) is 11.9 Å². The number of aliphatic hydroxyl groups is 1. The van der Waals surface area contributed by atoms with Gasteiger partial charge in [-0.05, 0) is 63.5 Å². The topological polar surface area (TPSA) is 66.8 Å². The maximum absolute atomic E-state index is 12.9. The van der Waals surface area contributed by atoms with Gasteiger partial charge in [0.15, 0.2) is 0 Å². The second-order valence-corrected chi connectivity index (χ2v) is 17.2. The van der Waals surface area contributed by atoms with Crippen molar-refractivity contribution in [3.63, 3.8) is 0 Å². The summed E-state index contributed by atoms with van der Waals surface area (Å²) in [4.78, 5) is 27.9. The van der Waals surface area contributed by atoms with Crippen molar-refractivity contribution in [1.29, 1.82) is 0 Å². The molecule has 0 spiro atoms.